The zero-order valence-electron chi connectivity index (χ0n) is 10.4. The molecule has 0 saturated carbocycles. The van der Waals surface area contributed by atoms with Crippen LogP contribution in [0.1, 0.15) is 32.6 Å². The van der Waals surface area contributed by atoms with Gasteiger partial charge in [-0.1, -0.05) is 13.3 Å². The van der Waals surface area contributed by atoms with Crippen LogP contribution in [-0.2, 0) is 14.2 Å². The Bertz CT molecular complexity index is 109. The number of hydrogen-bond acceptors (Lipinski definition) is 3. The van der Waals surface area contributed by atoms with E-state index in [1.165, 1.54) is 6.42 Å². The second-order valence-corrected chi connectivity index (χ2v) is 3.96. The van der Waals surface area contributed by atoms with Crippen LogP contribution < -0.4 is 0 Å². The molecule has 98 valence electrons. The fraction of sp³-hybridized carbons (Fsp3) is 1.00. The molecule has 0 bridgehead atoms. The maximum Gasteiger partial charge on any atom is 0.0701 e. The molecule has 0 rings (SSSR count). The molecule has 0 N–H and O–H groups in total. The number of rotatable bonds is 13. The summed E-state index contributed by atoms with van der Waals surface area (Å²) in [4.78, 5) is 0. The first-order chi connectivity index (χ1) is 7.91. The Hall–Kier alpha value is 0.170. The Labute approximate surface area is 104 Å². The Morgan fingerprint density at radius 3 is 1.69 bits per heavy atom. The third kappa shape index (κ3) is 14.2. The summed E-state index contributed by atoms with van der Waals surface area (Å²) in [5.74, 6) is 0.717. The summed E-state index contributed by atoms with van der Waals surface area (Å²) in [6, 6.07) is 0. The van der Waals surface area contributed by atoms with Gasteiger partial charge >= 0.3 is 0 Å². The van der Waals surface area contributed by atoms with Gasteiger partial charge in [-0.25, -0.2) is 0 Å². The van der Waals surface area contributed by atoms with Gasteiger partial charge in [0.1, 0.15) is 0 Å². The van der Waals surface area contributed by atoms with Crippen LogP contribution in [0.2, 0.25) is 0 Å². The van der Waals surface area contributed by atoms with Crippen LogP contribution in [0.4, 0.5) is 0 Å². The highest BCUT2D eigenvalue weighted by Crippen LogP contribution is 1.92. The zero-order chi connectivity index (χ0) is 11.9. The molecule has 0 aromatic heterocycles. The molecular weight excluding hydrogens is 228 g/mol. The molecule has 0 aliphatic heterocycles. The van der Waals surface area contributed by atoms with E-state index < -0.39 is 0 Å². The normalized spacial score (nSPS) is 10.9. The van der Waals surface area contributed by atoms with Gasteiger partial charge in [-0.2, -0.15) is 0 Å². The summed E-state index contributed by atoms with van der Waals surface area (Å²) in [7, 11) is 0. The van der Waals surface area contributed by atoms with E-state index >= 15 is 0 Å². The molecule has 3 nitrogen and oxygen atoms in total. The first-order valence-electron chi connectivity index (χ1n) is 6.21. The Morgan fingerprint density at radius 2 is 1.19 bits per heavy atom. The summed E-state index contributed by atoms with van der Waals surface area (Å²) in [5, 5.41) is 0. The second kappa shape index (κ2) is 15.2. The van der Waals surface area contributed by atoms with Gasteiger partial charge in [0.15, 0.2) is 0 Å². The molecule has 4 heteroatoms. The zero-order valence-corrected chi connectivity index (χ0v) is 11.1. The second-order valence-electron chi connectivity index (χ2n) is 3.59. The molecule has 0 radical (unpaired) electrons. The van der Waals surface area contributed by atoms with Gasteiger partial charge in [0.25, 0.3) is 0 Å². The van der Waals surface area contributed by atoms with Crippen molar-refractivity contribution in [2.24, 2.45) is 0 Å². The first kappa shape index (κ1) is 16.2. The van der Waals surface area contributed by atoms with Crippen molar-refractivity contribution < 1.29 is 14.2 Å². The van der Waals surface area contributed by atoms with Crippen LogP contribution in [0.25, 0.3) is 0 Å². The van der Waals surface area contributed by atoms with Crippen LogP contribution >= 0.6 is 11.6 Å². The Morgan fingerprint density at radius 1 is 0.688 bits per heavy atom. The molecule has 0 atom stereocenters. The maximum absolute atomic E-state index is 5.54. The molecule has 0 unspecified atom stereocenters. The SMILES string of the molecule is CCCCOCCOCCOCCCCCl. The van der Waals surface area contributed by atoms with E-state index in [0.29, 0.717) is 26.4 Å². The van der Waals surface area contributed by atoms with E-state index in [-0.39, 0.29) is 0 Å². The predicted molar refractivity (Wildman–Crippen MR) is 67.3 cm³/mol. The minimum Gasteiger partial charge on any atom is -0.379 e. The standard InChI is InChI=1S/C12H25ClO3/c1-2-3-7-14-9-11-16-12-10-15-8-5-4-6-13/h2-12H2,1H3. The lowest BCUT2D eigenvalue weighted by atomic mass is 10.4. The fourth-order valence-corrected chi connectivity index (χ4v) is 1.28. The lowest BCUT2D eigenvalue weighted by Crippen LogP contribution is -2.10. The molecule has 0 aliphatic rings. The molecule has 0 fully saturated rings. The molecule has 0 aromatic rings. The Kier molecular flexibility index (Phi) is 15.3. The quantitative estimate of drug-likeness (QED) is 0.373. The summed E-state index contributed by atoms with van der Waals surface area (Å²) in [6.45, 7) is 6.44. The van der Waals surface area contributed by atoms with Crippen molar-refractivity contribution >= 4 is 11.6 Å². The Balaban J connectivity index is 2.83. The average molecular weight is 253 g/mol. The lowest BCUT2D eigenvalue weighted by Gasteiger charge is -2.06. The monoisotopic (exact) mass is 252 g/mol. The van der Waals surface area contributed by atoms with E-state index in [9.17, 15) is 0 Å². The van der Waals surface area contributed by atoms with Gasteiger partial charge in [-0.15, -0.1) is 11.6 Å². The van der Waals surface area contributed by atoms with Gasteiger partial charge in [-0.3, -0.25) is 0 Å². The molecule has 0 spiro atoms. The summed E-state index contributed by atoms with van der Waals surface area (Å²) in [5.41, 5.74) is 0. The van der Waals surface area contributed by atoms with Crippen molar-refractivity contribution in [1.29, 1.82) is 0 Å². The minimum absolute atomic E-state index is 0.651. The van der Waals surface area contributed by atoms with Crippen molar-refractivity contribution in [2.45, 2.75) is 32.6 Å². The van der Waals surface area contributed by atoms with Gasteiger partial charge in [0.05, 0.1) is 26.4 Å². The summed E-state index contributed by atoms with van der Waals surface area (Å²) >= 11 is 5.54. The first-order valence-corrected chi connectivity index (χ1v) is 6.74. The van der Waals surface area contributed by atoms with E-state index in [1.807, 2.05) is 0 Å². The number of halogens is 1. The van der Waals surface area contributed by atoms with E-state index in [2.05, 4.69) is 6.92 Å². The van der Waals surface area contributed by atoms with Crippen LogP contribution in [0, 0.1) is 0 Å². The smallest absolute Gasteiger partial charge is 0.0701 e. The van der Waals surface area contributed by atoms with Gasteiger partial charge in [-0.05, 0) is 19.3 Å². The summed E-state index contributed by atoms with van der Waals surface area (Å²) < 4.78 is 16.1. The van der Waals surface area contributed by atoms with Gasteiger partial charge in [0, 0.05) is 19.1 Å². The lowest BCUT2D eigenvalue weighted by molar-refractivity contribution is 0.0136. The number of unbranched alkanes of at least 4 members (excludes halogenated alkanes) is 2. The van der Waals surface area contributed by atoms with E-state index in [0.717, 1.165) is 38.4 Å². The van der Waals surface area contributed by atoms with Crippen LogP contribution in [0.5, 0.6) is 0 Å². The highest BCUT2D eigenvalue weighted by Gasteiger charge is 1.91. The van der Waals surface area contributed by atoms with Gasteiger partial charge < -0.3 is 14.2 Å². The van der Waals surface area contributed by atoms with Crippen LogP contribution in [-0.4, -0.2) is 45.5 Å². The molecule has 0 saturated heterocycles. The molecule has 0 aliphatic carbocycles. The van der Waals surface area contributed by atoms with Crippen molar-refractivity contribution in [3.63, 3.8) is 0 Å². The maximum atomic E-state index is 5.54. The predicted octanol–water partition coefficient (Wildman–Crippen LogP) is 2.86. The highest BCUT2D eigenvalue weighted by atomic mass is 35.5. The largest absolute Gasteiger partial charge is 0.379 e. The molecular formula is C12H25ClO3. The van der Waals surface area contributed by atoms with Crippen molar-refractivity contribution in [3.8, 4) is 0 Å². The highest BCUT2D eigenvalue weighted by molar-refractivity contribution is 6.17. The molecule has 16 heavy (non-hydrogen) atoms. The van der Waals surface area contributed by atoms with Crippen LogP contribution in [0.15, 0.2) is 0 Å². The topological polar surface area (TPSA) is 27.7 Å². The molecule has 0 heterocycles. The van der Waals surface area contributed by atoms with Crippen molar-refractivity contribution in [2.75, 3.05) is 45.5 Å². The van der Waals surface area contributed by atoms with E-state index in [4.69, 9.17) is 25.8 Å². The van der Waals surface area contributed by atoms with Gasteiger partial charge in [0.2, 0.25) is 0 Å². The van der Waals surface area contributed by atoms with E-state index in [1.54, 1.807) is 0 Å². The third-order valence-electron chi connectivity index (χ3n) is 2.06. The number of hydrogen-bond donors (Lipinski definition) is 0. The van der Waals surface area contributed by atoms with Crippen molar-refractivity contribution in [1.82, 2.24) is 0 Å². The fourth-order valence-electron chi connectivity index (χ4n) is 1.09. The minimum atomic E-state index is 0.651. The third-order valence-corrected chi connectivity index (χ3v) is 2.33. The average Bonchev–Trinajstić information content (AvgIpc) is 2.31. The number of ether oxygens (including phenoxy) is 3. The summed E-state index contributed by atoms with van der Waals surface area (Å²) in [6.07, 6.45) is 4.36. The number of alkyl halides is 1. The van der Waals surface area contributed by atoms with Crippen LogP contribution in [0.3, 0.4) is 0 Å². The van der Waals surface area contributed by atoms with Crippen molar-refractivity contribution in [3.05, 3.63) is 0 Å². The molecule has 0 amide bonds. The molecule has 0 aromatic carbocycles.